The first-order chi connectivity index (χ1) is 6.83. The molecule has 0 aliphatic heterocycles. The van der Waals surface area contributed by atoms with E-state index in [-0.39, 0.29) is 17.6 Å². The predicted octanol–water partition coefficient (Wildman–Crippen LogP) is 2.07. The summed E-state index contributed by atoms with van der Waals surface area (Å²) in [5, 5.41) is 21.1. The lowest BCUT2D eigenvalue weighted by Crippen LogP contribution is -2.40. The van der Waals surface area contributed by atoms with Crippen molar-refractivity contribution in [3.8, 4) is 6.07 Å². The van der Waals surface area contributed by atoms with E-state index in [2.05, 4.69) is 25.2 Å². The molecule has 0 saturated carbocycles. The number of nitrogens with zero attached hydrogens (tertiary/aromatic N) is 1. The zero-order valence-electron chi connectivity index (χ0n) is 10.4. The molecule has 88 valence electrons. The summed E-state index contributed by atoms with van der Waals surface area (Å²) in [6, 6.07) is 2.30. The van der Waals surface area contributed by atoms with Gasteiger partial charge in [0.15, 0.2) is 0 Å². The lowest BCUT2D eigenvalue weighted by Gasteiger charge is -2.26. The van der Waals surface area contributed by atoms with Gasteiger partial charge in [0.25, 0.3) is 0 Å². The second-order valence-corrected chi connectivity index (χ2v) is 5.38. The highest BCUT2D eigenvalue weighted by Crippen LogP contribution is 2.20. The molecule has 0 aromatic rings. The lowest BCUT2D eigenvalue weighted by molar-refractivity contribution is 0.229. The van der Waals surface area contributed by atoms with Crippen LogP contribution in [0.2, 0.25) is 0 Å². The number of hydrogen-bond donors (Lipinski definition) is 2. The van der Waals surface area contributed by atoms with Crippen molar-refractivity contribution in [3.63, 3.8) is 0 Å². The Morgan fingerprint density at radius 3 is 2.27 bits per heavy atom. The van der Waals surface area contributed by atoms with Gasteiger partial charge in [0.05, 0.1) is 11.5 Å². The molecule has 0 aliphatic carbocycles. The highest BCUT2D eigenvalue weighted by atomic mass is 16.3. The standard InChI is InChI=1S/C12H24N2O/c1-11(2,10-13)6-5-8-14-12(3,4)7-9-15/h14-15H,5-9H2,1-4H3. The third-order valence-corrected chi connectivity index (χ3v) is 2.62. The average molecular weight is 212 g/mol. The smallest absolute Gasteiger partial charge is 0.0683 e. The summed E-state index contributed by atoms with van der Waals surface area (Å²) in [5.74, 6) is 0. The van der Waals surface area contributed by atoms with Crippen LogP contribution in [0.15, 0.2) is 0 Å². The highest BCUT2D eigenvalue weighted by molar-refractivity contribution is 4.91. The van der Waals surface area contributed by atoms with Gasteiger partial charge in [0, 0.05) is 12.1 Å². The van der Waals surface area contributed by atoms with E-state index in [0.717, 1.165) is 25.8 Å². The minimum Gasteiger partial charge on any atom is -0.396 e. The summed E-state index contributed by atoms with van der Waals surface area (Å²) < 4.78 is 0. The number of nitrogens with one attached hydrogen (secondary N) is 1. The molecule has 3 nitrogen and oxygen atoms in total. The van der Waals surface area contributed by atoms with E-state index in [1.54, 1.807) is 0 Å². The zero-order chi connectivity index (χ0) is 11.9. The fourth-order valence-corrected chi connectivity index (χ4v) is 1.38. The van der Waals surface area contributed by atoms with Crippen LogP contribution in [0.3, 0.4) is 0 Å². The fourth-order valence-electron chi connectivity index (χ4n) is 1.38. The molecular weight excluding hydrogens is 188 g/mol. The van der Waals surface area contributed by atoms with Gasteiger partial charge in [0.1, 0.15) is 0 Å². The maximum Gasteiger partial charge on any atom is 0.0683 e. The number of nitriles is 1. The van der Waals surface area contributed by atoms with Crippen LogP contribution < -0.4 is 5.32 Å². The van der Waals surface area contributed by atoms with Crippen LogP contribution in [0.1, 0.15) is 47.0 Å². The molecule has 0 radical (unpaired) electrons. The quantitative estimate of drug-likeness (QED) is 0.635. The van der Waals surface area contributed by atoms with Gasteiger partial charge in [-0.15, -0.1) is 0 Å². The van der Waals surface area contributed by atoms with Crippen molar-refractivity contribution < 1.29 is 5.11 Å². The molecule has 2 N–H and O–H groups in total. The van der Waals surface area contributed by atoms with Crippen LogP contribution in [0.5, 0.6) is 0 Å². The molecule has 3 heteroatoms. The molecule has 0 bridgehead atoms. The molecule has 0 heterocycles. The van der Waals surface area contributed by atoms with E-state index in [1.165, 1.54) is 0 Å². The van der Waals surface area contributed by atoms with E-state index in [9.17, 15) is 0 Å². The molecule has 0 aromatic heterocycles. The summed E-state index contributed by atoms with van der Waals surface area (Å²) in [6.07, 6.45) is 2.66. The van der Waals surface area contributed by atoms with Gasteiger partial charge in [0.2, 0.25) is 0 Å². The van der Waals surface area contributed by atoms with Crippen LogP contribution in [-0.4, -0.2) is 23.8 Å². The fraction of sp³-hybridized carbons (Fsp3) is 0.917. The Morgan fingerprint density at radius 2 is 1.80 bits per heavy atom. The van der Waals surface area contributed by atoms with Crippen molar-refractivity contribution in [2.75, 3.05) is 13.2 Å². The monoisotopic (exact) mass is 212 g/mol. The molecule has 0 atom stereocenters. The van der Waals surface area contributed by atoms with Gasteiger partial charge in [-0.25, -0.2) is 0 Å². The van der Waals surface area contributed by atoms with Crippen molar-refractivity contribution in [2.24, 2.45) is 5.41 Å². The van der Waals surface area contributed by atoms with Crippen molar-refractivity contribution in [3.05, 3.63) is 0 Å². The summed E-state index contributed by atoms with van der Waals surface area (Å²) in [5.41, 5.74) is -0.228. The molecule has 15 heavy (non-hydrogen) atoms. The van der Waals surface area contributed by atoms with E-state index in [1.807, 2.05) is 13.8 Å². The Morgan fingerprint density at radius 1 is 1.20 bits per heavy atom. The van der Waals surface area contributed by atoms with Gasteiger partial charge in [-0.1, -0.05) is 0 Å². The Balaban J connectivity index is 3.68. The third-order valence-electron chi connectivity index (χ3n) is 2.62. The van der Waals surface area contributed by atoms with Gasteiger partial charge >= 0.3 is 0 Å². The minimum atomic E-state index is -0.219. The van der Waals surface area contributed by atoms with E-state index < -0.39 is 0 Å². The molecule has 0 fully saturated rings. The number of hydrogen-bond acceptors (Lipinski definition) is 3. The van der Waals surface area contributed by atoms with Crippen LogP contribution >= 0.6 is 0 Å². The number of aliphatic hydroxyl groups excluding tert-OH is 1. The second-order valence-electron chi connectivity index (χ2n) is 5.38. The van der Waals surface area contributed by atoms with Crippen LogP contribution in [0.4, 0.5) is 0 Å². The molecule has 0 rings (SSSR count). The van der Waals surface area contributed by atoms with Crippen LogP contribution in [0, 0.1) is 16.7 Å². The summed E-state index contributed by atoms with van der Waals surface area (Å²) >= 11 is 0. The normalized spacial score (nSPS) is 12.5. The number of aliphatic hydroxyl groups is 1. The largest absolute Gasteiger partial charge is 0.396 e. The van der Waals surface area contributed by atoms with Crippen LogP contribution in [0.25, 0.3) is 0 Å². The molecule has 0 aliphatic rings. The zero-order valence-corrected chi connectivity index (χ0v) is 10.4. The van der Waals surface area contributed by atoms with Crippen molar-refractivity contribution in [1.82, 2.24) is 5.32 Å². The topological polar surface area (TPSA) is 56.0 Å². The molecule has 0 unspecified atom stereocenters. The SMILES string of the molecule is CC(C)(C#N)CCCNC(C)(C)CCO. The van der Waals surface area contributed by atoms with Gasteiger partial charge in [-0.3, -0.25) is 0 Å². The molecule has 0 amide bonds. The number of rotatable bonds is 7. The lowest BCUT2D eigenvalue weighted by atomic mass is 9.89. The van der Waals surface area contributed by atoms with E-state index in [0.29, 0.717) is 0 Å². The Kier molecular flexibility index (Phi) is 5.85. The predicted molar refractivity (Wildman–Crippen MR) is 62.4 cm³/mol. The van der Waals surface area contributed by atoms with E-state index in [4.69, 9.17) is 10.4 Å². The first kappa shape index (κ1) is 14.4. The average Bonchev–Trinajstić information content (AvgIpc) is 2.13. The summed E-state index contributed by atoms with van der Waals surface area (Å²) in [7, 11) is 0. The Labute approximate surface area is 93.5 Å². The summed E-state index contributed by atoms with van der Waals surface area (Å²) in [4.78, 5) is 0. The first-order valence-corrected chi connectivity index (χ1v) is 5.60. The molecule has 0 spiro atoms. The van der Waals surface area contributed by atoms with Crippen molar-refractivity contribution in [2.45, 2.75) is 52.5 Å². The minimum absolute atomic E-state index is 0.00840. The van der Waals surface area contributed by atoms with Crippen molar-refractivity contribution >= 4 is 0 Å². The Bertz CT molecular complexity index is 216. The van der Waals surface area contributed by atoms with Crippen LogP contribution in [-0.2, 0) is 0 Å². The van der Waals surface area contributed by atoms with Gasteiger partial charge in [-0.2, -0.15) is 5.26 Å². The van der Waals surface area contributed by atoms with Gasteiger partial charge in [-0.05, 0) is 53.5 Å². The van der Waals surface area contributed by atoms with Crippen molar-refractivity contribution in [1.29, 1.82) is 5.26 Å². The highest BCUT2D eigenvalue weighted by Gasteiger charge is 2.18. The third kappa shape index (κ3) is 7.35. The maximum absolute atomic E-state index is 8.84. The molecule has 0 saturated heterocycles. The molecular formula is C12H24N2O. The summed E-state index contributed by atoms with van der Waals surface area (Å²) in [6.45, 7) is 9.21. The maximum atomic E-state index is 8.84. The molecule has 0 aromatic carbocycles. The second kappa shape index (κ2) is 6.09. The van der Waals surface area contributed by atoms with E-state index >= 15 is 0 Å². The Hall–Kier alpha value is -0.590. The first-order valence-electron chi connectivity index (χ1n) is 5.60. The van der Waals surface area contributed by atoms with Gasteiger partial charge < -0.3 is 10.4 Å².